The smallest absolute Gasteiger partial charge is 0.251 e. The number of amides is 1. The van der Waals surface area contributed by atoms with Gasteiger partial charge in [0.1, 0.15) is 18.7 Å². The first-order valence-electron chi connectivity index (χ1n) is 8.35. The molecule has 1 heterocycles. The lowest BCUT2D eigenvalue weighted by Gasteiger charge is -2.12. The molecule has 3 aromatic rings. The number of carbonyl (C=O) groups is 2. The maximum atomic E-state index is 12.3. The second-order valence-electron chi connectivity index (χ2n) is 5.78. The number of carbonyl (C=O) groups excluding carboxylic acids is 2. The fourth-order valence-corrected chi connectivity index (χ4v) is 2.53. The maximum Gasteiger partial charge on any atom is 0.251 e. The fourth-order valence-electron chi connectivity index (χ4n) is 2.53. The van der Waals surface area contributed by atoms with Gasteiger partial charge in [-0.3, -0.25) is 9.59 Å². The highest BCUT2D eigenvalue weighted by Gasteiger charge is 2.09. The Morgan fingerprint density at radius 2 is 2.00 bits per heavy atom. The van der Waals surface area contributed by atoms with E-state index in [2.05, 4.69) is 5.32 Å². The lowest BCUT2D eigenvalue weighted by Crippen LogP contribution is -2.22. The normalized spacial score (nSPS) is 10.3. The lowest BCUT2D eigenvalue weighted by atomic mass is 10.1. The minimum Gasteiger partial charge on any atom is -0.493 e. The summed E-state index contributed by atoms with van der Waals surface area (Å²) < 4.78 is 16.2. The fraction of sp³-hybridized carbons (Fsp3) is 0.143. The third-order valence-corrected chi connectivity index (χ3v) is 3.91. The molecule has 6 nitrogen and oxygen atoms in total. The number of benzene rings is 2. The average Bonchev–Trinajstić information content (AvgIpc) is 3.24. The van der Waals surface area contributed by atoms with E-state index in [1.807, 2.05) is 6.07 Å². The van der Waals surface area contributed by atoms with Crippen LogP contribution in [-0.2, 0) is 13.2 Å². The van der Waals surface area contributed by atoms with Gasteiger partial charge in [-0.05, 0) is 48.0 Å². The monoisotopic (exact) mass is 365 g/mol. The maximum absolute atomic E-state index is 12.3. The van der Waals surface area contributed by atoms with Crippen LogP contribution in [0, 0.1) is 0 Å². The van der Waals surface area contributed by atoms with Crippen molar-refractivity contribution in [1.29, 1.82) is 0 Å². The van der Waals surface area contributed by atoms with E-state index in [1.54, 1.807) is 54.8 Å². The first kappa shape index (κ1) is 18.3. The highest BCUT2D eigenvalue weighted by Crippen LogP contribution is 2.28. The van der Waals surface area contributed by atoms with Gasteiger partial charge in [0.05, 0.1) is 19.9 Å². The topological polar surface area (TPSA) is 77.8 Å². The number of rotatable bonds is 8. The van der Waals surface area contributed by atoms with Crippen LogP contribution in [0.15, 0.2) is 65.3 Å². The van der Waals surface area contributed by atoms with E-state index >= 15 is 0 Å². The Bertz CT molecular complexity index is 918. The van der Waals surface area contributed by atoms with Crippen LogP contribution < -0.4 is 14.8 Å². The predicted molar refractivity (Wildman–Crippen MR) is 99.0 cm³/mol. The number of hydrogen-bond donors (Lipinski definition) is 1. The van der Waals surface area contributed by atoms with E-state index in [-0.39, 0.29) is 12.5 Å². The summed E-state index contributed by atoms with van der Waals surface area (Å²) in [4.78, 5) is 23.2. The van der Waals surface area contributed by atoms with Gasteiger partial charge in [0.2, 0.25) is 0 Å². The van der Waals surface area contributed by atoms with Crippen molar-refractivity contribution in [3.05, 3.63) is 83.3 Å². The standard InChI is InChI=1S/C21H19NO5/c1-25-19-8-7-15(13-23)11-20(19)27-14-16-4-2-5-17(10-16)21(24)22-12-18-6-3-9-26-18/h2-11,13H,12,14H2,1H3,(H,22,24). The lowest BCUT2D eigenvalue weighted by molar-refractivity contribution is 0.0947. The minimum absolute atomic E-state index is 0.200. The van der Waals surface area contributed by atoms with Gasteiger partial charge in [-0.1, -0.05) is 12.1 Å². The number of furan rings is 1. The Hall–Kier alpha value is -3.54. The molecule has 0 radical (unpaired) electrons. The quantitative estimate of drug-likeness (QED) is 0.617. The van der Waals surface area contributed by atoms with Crippen molar-refractivity contribution in [3.63, 3.8) is 0 Å². The van der Waals surface area contributed by atoms with Crippen LogP contribution in [0.2, 0.25) is 0 Å². The van der Waals surface area contributed by atoms with Crippen molar-refractivity contribution in [2.24, 2.45) is 0 Å². The summed E-state index contributed by atoms with van der Waals surface area (Å²) in [6, 6.07) is 15.7. The molecule has 27 heavy (non-hydrogen) atoms. The number of nitrogens with one attached hydrogen (secondary N) is 1. The number of hydrogen-bond acceptors (Lipinski definition) is 5. The van der Waals surface area contributed by atoms with Gasteiger partial charge in [0, 0.05) is 11.1 Å². The van der Waals surface area contributed by atoms with Gasteiger partial charge < -0.3 is 19.2 Å². The zero-order valence-corrected chi connectivity index (χ0v) is 14.8. The third-order valence-electron chi connectivity index (χ3n) is 3.91. The Labute approximate surface area is 156 Å². The number of methoxy groups -OCH3 is 1. The van der Waals surface area contributed by atoms with Crippen LogP contribution >= 0.6 is 0 Å². The van der Waals surface area contributed by atoms with Gasteiger partial charge in [0.15, 0.2) is 11.5 Å². The number of ether oxygens (including phenoxy) is 2. The Morgan fingerprint density at radius 3 is 2.74 bits per heavy atom. The molecule has 2 aromatic carbocycles. The van der Waals surface area contributed by atoms with Gasteiger partial charge >= 0.3 is 0 Å². The van der Waals surface area contributed by atoms with Crippen LogP contribution in [0.3, 0.4) is 0 Å². The van der Waals surface area contributed by atoms with Crippen molar-refractivity contribution < 1.29 is 23.5 Å². The SMILES string of the molecule is COc1ccc(C=O)cc1OCc1cccc(C(=O)NCc2ccco2)c1. The molecule has 0 fully saturated rings. The molecule has 1 amide bonds. The molecule has 1 N–H and O–H groups in total. The van der Waals surface area contributed by atoms with Gasteiger partial charge in [-0.2, -0.15) is 0 Å². The summed E-state index contributed by atoms with van der Waals surface area (Å²) in [7, 11) is 1.53. The van der Waals surface area contributed by atoms with Crippen LogP contribution in [0.1, 0.15) is 32.0 Å². The molecule has 3 rings (SSSR count). The molecule has 6 heteroatoms. The second kappa shape index (κ2) is 8.71. The van der Waals surface area contributed by atoms with Crippen LogP contribution in [0.25, 0.3) is 0 Å². The molecular weight excluding hydrogens is 346 g/mol. The van der Waals surface area contributed by atoms with Gasteiger partial charge in [-0.25, -0.2) is 0 Å². The molecule has 0 aliphatic carbocycles. The molecule has 0 bridgehead atoms. The first-order chi connectivity index (χ1) is 13.2. The molecule has 1 aromatic heterocycles. The highest BCUT2D eigenvalue weighted by molar-refractivity contribution is 5.94. The largest absolute Gasteiger partial charge is 0.493 e. The highest BCUT2D eigenvalue weighted by atomic mass is 16.5. The molecule has 0 atom stereocenters. The Balaban J connectivity index is 1.65. The molecule has 0 aliphatic heterocycles. The summed E-state index contributed by atoms with van der Waals surface area (Å²) in [5.74, 6) is 1.49. The first-order valence-corrected chi connectivity index (χ1v) is 8.35. The summed E-state index contributed by atoms with van der Waals surface area (Å²) in [5.41, 5.74) is 1.84. The summed E-state index contributed by atoms with van der Waals surface area (Å²) >= 11 is 0. The van der Waals surface area contributed by atoms with Gasteiger partial charge in [-0.15, -0.1) is 0 Å². The zero-order chi connectivity index (χ0) is 19.1. The number of aldehydes is 1. The summed E-state index contributed by atoms with van der Waals surface area (Å²) in [6.07, 6.45) is 2.31. The van der Waals surface area contributed by atoms with E-state index in [1.165, 1.54) is 7.11 Å². The summed E-state index contributed by atoms with van der Waals surface area (Å²) in [6.45, 7) is 0.556. The van der Waals surface area contributed by atoms with Crippen molar-refractivity contribution in [2.75, 3.05) is 7.11 Å². The summed E-state index contributed by atoms with van der Waals surface area (Å²) in [5, 5.41) is 2.80. The van der Waals surface area contributed by atoms with Crippen molar-refractivity contribution in [1.82, 2.24) is 5.32 Å². The van der Waals surface area contributed by atoms with E-state index in [4.69, 9.17) is 13.9 Å². The predicted octanol–water partition coefficient (Wildman–Crippen LogP) is 3.61. The second-order valence-corrected chi connectivity index (χ2v) is 5.78. The van der Waals surface area contributed by atoms with Crippen LogP contribution in [0.5, 0.6) is 11.5 Å². The van der Waals surface area contributed by atoms with Crippen molar-refractivity contribution in [3.8, 4) is 11.5 Å². The van der Waals surface area contributed by atoms with Crippen LogP contribution in [0.4, 0.5) is 0 Å². The minimum atomic E-state index is -0.200. The van der Waals surface area contributed by atoms with Gasteiger partial charge in [0.25, 0.3) is 5.91 Å². The Kier molecular flexibility index (Phi) is 5.89. The Morgan fingerprint density at radius 1 is 1.11 bits per heavy atom. The molecule has 0 saturated carbocycles. The molecule has 138 valence electrons. The zero-order valence-electron chi connectivity index (χ0n) is 14.8. The van der Waals surface area contributed by atoms with E-state index < -0.39 is 0 Å². The molecule has 0 saturated heterocycles. The molecule has 0 unspecified atom stereocenters. The molecule has 0 spiro atoms. The van der Waals surface area contributed by atoms with Crippen molar-refractivity contribution in [2.45, 2.75) is 13.2 Å². The van der Waals surface area contributed by atoms with E-state index in [0.29, 0.717) is 34.9 Å². The molecule has 0 aliphatic rings. The van der Waals surface area contributed by atoms with Crippen LogP contribution in [-0.4, -0.2) is 19.3 Å². The van der Waals surface area contributed by atoms with E-state index in [0.717, 1.165) is 11.8 Å². The third kappa shape index (κ3) is 4.76. The van der Waals surface area contributed by atoms with Crippen molar-refractivity contribution >= 4 is 12.2 Å². The molecular formula is C21H19NO5. The average molecular weight is 365 g/mol. The van der Waals surface area contributed by atoms with E-state index in [9.17, 15) is 9.59 Å².